The fourth-order valence-electron chi connectivity index (χ4n) is 1.62. The minimum Gasteiger partial charge on any atom is -0.281 e. The SMILES string of the molecule is CC(C)S(=O)(=O)CCCn1cnn(C(C)(C)C)c1=O. The average Bonchev–Trinajstić information content (AvgIpc) is 2.59. The summed E-state index contributed by atoms with van der Waals surface area (Å²) in [5, 5.41) is 3.68. The molecule has 110 valence electrons. The number of nitrogens with zero attached hydrogens (tertiary/aromatic N) is 3. The van der Waals surface area contributed by atoms with E-state index in [4.69, 9.17) is 0 Å². The number of rotatable bonds is 5. The highest BCUT2D eigenvalue weighted by Gasteiger charge is 2.19. The van der Waals surface area contributed by atoms with Gasteiger partial charge in [0, 0.05) is 6.54 Å². The van der Waals surface area contributed by atoms with E-state index in [-0.39, 0.29) is 22.2 Å². The standard InChI is InChI=1S/C12H23N3O3S/c1-10(2)19(17,18)8-6-7-14-9-13-15(11(14)16)12(3,4)5/h9-10H,6-8H2,1-5H3. The van der Waals surface area contributed by atoms with Gasteiger partial charge in [-0.3, -0.25) is 4.57 Å². The number of aryl methyl sites for hydroxylation is 1. The first kappa shape index (κ1) is 15.9. The maximum absolute atomic E-state index is 12.0. The molecule has 0 saturated carbocycles. The van der Waals surface area contributed by atoms with Crippen LogP contribution >= 0.6 is 0 Å². The van der Waals surface area contributed by atoms with Crippen molar-refractivity contribution in [1.82, 2.24) is 14.3 Å². The molecule has 0 spiro atoms. The molecule has 0 atom stereocenters. The summed E-state index contributed by atoms with van der Waals surface area (Å²) in [6, 6.07) is 0. The van der Waals surface area contributed by atoms with Gasteiger partial charge in [0.1, 0.15) is 6.33 Å². The number of hydrogen-bond donors (Lipinski definition) is 0. The van der Waals surface area contributed by atoms with Crippen LogP contribution in [0.1, 0.15) is 41.0 Å². The Bertz CT molecular complexity index is 576. The van der Waals surface area contributed by atoms with Crippen molar-refractivity contribution in [3.63, 3.8) is 0 Å². The molecule has 6 nitrogen and oxygen atoms in total. The Morgan fingerprint density at radius 1 is 1.32 bits per heavy atom. The minimum atomic E-state index is -3.05. The smallest absolute Gasteiger partial charge is 0.281 e. The summed E-state index contributed by atoms with van der Waals surface area (Å²) >= 11 is 0. The van der Waals surface area contributed by atoms with Gasteiger partial charge < -0.3 is 0 Å². The van der Waals surface area contributed by atoms with E-state index in [1.807, 2.05) is 20.8 Å². The van der Waals surface area contributed by atoms with Crippen molar-refractivity contribution in [2.45, 2.75) is 58.4 Å². The maximum atomic E-state index is 12.0. The maximum Gasteiger partial charge on any atom is 0.346 e. The fraction of sp³-hybridized carbons (Fsp3) is 0.833. The highest BCUT2D eigenvalue weighted by atomic mass is 32.2. The Hall–Kier alpha value is -1.11. The summed E-state index contributed by atoms with van der Waals surface area (Å²) < 4.78 is 26.2. The Labute approximate surface area is 114 Å². The van der Waals surface area contributed by atoms with Crippen LogP contribution in [0.5, 0.6) is 0 Å². The van der Waals surface area contributed by atoms with Crippen molar-refractivity contribution in [3.05, 3.63) is 16.8 Å². The second-order valence-electron chi connectivity index (χ2n) is 5.96. The van der Waals surface area contributed by atoms with E-state index >= 15 is 0 Å². The lowest BCUT2D eigenvalue weighted by atomic mass is 10.1. The predicted molar refractivity (Wildman–Crippen MR) is 75.0 cm³/mol. The van der Waals surface area contributed by atoms with Crippen LogP contribution in [-0.4, -0.2) is 33.8 Å². The highest BCUT2D eigenvalue weighted by molar-refractivity contribution is 7.91. The van der Waals surface area contributed by atoms with E-state index < -0.39 is 9.84 Å². The highest BCUT2D eigenvalue weighted by Crippen LogP contribution is 2.08. The molecule has 1 rings (SSSR count). The summed E-state index contributed by atoms with van der Waals surface area (Å²) in [7, 11) is -3.05. The lowest BCUT2D eigenvalue weighted by molar-refractivity contribution is 0.340. The molecular formula is C12H23N3O3S. The zero-order valence-electron chi connectivity index (χ0n) is 12.3. The van der Waals surface area contributed by atoms with Crippen molar-refractivity contribution in [2.24, 2.45) is 0 Å². The van der Waals surface area contributed by atoms with E-state index in [1.54, 1.807) is 13.8 Å². The average molecular weight is 289 g/mol. The number of sulfone groups is 1. The van der Waals surface area contributed by atoms with Crippen LogP contribution in [0.4, 0.5) is 0 Å². The summed E-state index contributed by atoms with van der Waals surface area (Å²) in [4.78, 5) is 12.0. The zero-order valence-corrected chi connectivity index (χ0v) is 13.1. The van der Waals surface area contributed by atoms with Gasteiger partial charge in [0.15, 0.2) is 9.84 Å². The Kier molecular flexibility index (Phi) is 4.60. The first-order valence-electron chi connectivity index (χ1n) is 6.42. The second-order valence-corrected chi connectivity index (χ2v) is 8.64. The topological polar surface area (TPSA) is 74.0 Å². The Balaban J connectivity index is 2.72. The quantitative estimate of drug-likeness (QED) is 0.811. The van der Waals surface area contributed by atoms with E-state index in [2.05, 4.69) is 5.10 Å². The molecule has 0 radical (unpaired) electrons. The van der Waals surface area contributed by atoms with E-state index in [0.29, 0.717) is 13.0 Å². The van der Waals surface area contributed by atoms with Gasteiger partial charge in [-0.2, -0.15) is 5.10 Å². The minimum absolute atomic E-state index is 0.0950. The van der Waals surface area contributed by atoms with Crippen LogP contribution in [-0.2, 0) is 21.9 Å². The van der Waals surface area contributed by atoms with Crippen molar-refractivity contribution < 1.29 is 8.42 Å². The second kappa shape index (κ2) is 5.48. The first-order valence-corrected chi connectivity index (χ1v) is 8.14. The van der Waals surface area contributed by atoms with E-state index in [0.717, 1.165) is 0 Å². The van der Waals surface area contributed by atoms with E-state index in [9.17, 15) is 13.2 Å². The lowest BCUT2D eigenvalue weighted by Gasteiger charge is -2.16. The lowest BCUT2D eigenvalue weighted by Crippen LogP contribution is -2.36. The predicted octanol–water partition coefficient (Wildman–Crippen LogP) is 1.01. The zero-order chi connectivity index (χ0) is 14.8. The van der Waals surface area contributed by atoms with Crippen molar-refractivity contribution >= 4 is 9.84 Å². The molecule has 0 N–H and O–H groups in total. The molecule has 0 aliphatic heterocycles. The summed E-state index contributed by atoms with van der Waals surface area (Å²) in [6.45, 7) is 9.40. The molecule has 0 aromatic carbocycles. The van der Waals surface area contributed by atoms with Crippen LogP contribution in [0, 0.1) is 0 Å². The van der Waals surface area contributed by atoms with Gasteiger partial charge in [-0.25, -0.2) is 17.9 Å². The molecule has 0 bridgehead atoms. The summed E-state index contributed by atoms with van der Waals surface area (Å²) in [6.07, 6.45) is 1.89. The van der Waals surface area contributed by atoms with Crippen molar-refractivity contribution in [1.29, 1.82) is 0 Å². The van der Waals surface area contributed by atoms with Crippen LogP contribution in [0.15, 0.2) is 11.1 Å². The molecule has 0 fully saturated rings. The molecule has 1 aromatic heterocycles. The van der Waals surface area contributed by atoms with Crippen molar-refractivity contribution in [3.8, 4) is 0 Å². The molecule has 1 aromatic rings. The van der Waals surface area contributed by atoms with Crippen molar-refractivity contribution in [2.75, 3.05) is 5.75 Å². The van der Waals surface area contributed by atoms with Gasteiger partial charge in [0.05, 0.1) is 16.5 Å². The third-order valence-electron chi connectivity index (χ3n) is 2.91. The van der Waals surface area contributed by atoms with Crippen LogP contribution in [0.25, 0.3) is 0 Å². The number of hydrogen-bond acceptors (Lipinski definition) is 4. The van der Waals surface area contributed by atoms with Crippen LogP contribution in [0.2, 0.25) is 0 Å². The summed E-state index contributed by atoms with van der Waals surface area (Å²) in [5.74, 6) is 0.0950. The van der Waals surface area contributed by atoms with Gasteiger partial charge in [0.2, 0.25) is 0 Å². The Morgan fingerprint density at radius 3 is 2.32 bits per heavy atom. The molecule has 0 unspecified atom stereocenters. The van der Waals surface area contributed by atoms with Gasteiger partial charge in [-0.1, -0.05) is 0 Å². The third kappa shape index (κ3) is 3.92. The third-order valence-corrected chi connectivity index (χ3v) is 5.21. The molecule has 0 aliphatic rings. The molecule has 0 saturated heterocycles. The van der Waals surface area contributed by atoms with E-state index in [1.165, 1.54) is 15.6 Å². The van der Waals surface area contributed by atoms with Crippen LogP contribution in [0.3, 0.4) is 0 Å². The molecule has 19 heavy (non-hydrogen) atoms. The Morgan fingerprint density at radius 2 is 1.89 bits per heavy atom. The molecule has 0 amide bonds. The monoisotopic (exact) mass is 289 g/mol. The van der Waals surface area contributed by atoms with Gasteiger partial charge in [-0.05, 0) is 41.0 Å². The molecule has 7 heteroatoms. The summed E-state index contributed by atoms with van der Waals surface area (Å²) in [5.41, 5.74) is -0.568. The van der Waals surface area contributed by atoms with Gasteiger partial charge in [0.25, 0.3) is 0 Å². The normalized spacial score (nSPS) is 13.2. The molecule has 1 heterocycles. The van der Waals surface area contributed by atoms with Gasteiger partial charge in [-0.15, -0.1) is 0 Å². The molecular weight excluding hydrogens is 266 g/mol. The van der Waals surface area contributed by atoms with Crippen LogP contribution < -0.4 is 5.69 Å². The molecule has 0 aliphatic carbocycles. The first-order chi connectivity index (χ1) is 8.55. The van der Waals surface area contributed by atoms with Gasteiger partial charge >= 0.3 is 5.69 Å². The number of aromatic nitrogens is 3. The largest absolute Gasteiger partial charge is 0.346 e. The fourth-order valence-corrected chi connectivity index (χ4v) is 2.62.